The van der Waals surface area contributed by atoms with Crippen molar-refractivity contribution in [3.63, 3.8) is 0 Å². The molecule has 5 nitrogen and oxygen atoms in total. The lowest BCUT2D eigenvalue weighted by atomic mass is 9.89. The molecule has 2 aromatic rings. The van der Waals surface area contributed by atoms with Crippen molar-refractivity contribution in [3.8, 4) is 0 Å². The van der Waals surface area contributed by atoms with E-state index in [9.17, 15) is 13.2 Å². The van der Waals surface area contributed by atoms with Crippen LogP contribution in [-0.4, -0.2) is 27.9 Å². The molecule has 0 aromatic heterocycles. The van der Waals surface area contributed by atoms with Crippen molar-refractivity contribution in [2.75, 3.05) is 17.9 Å². The fraction of sp³-hybridized carbons (Fsp3) is 0.381. The summed E-state index contributed by atoms with van der Waals surface area (Å²) in [4.78, 5) is 12.6. The topological polar surface area (TPSA) is 66.5 Å². The van der Waals surface area contributed by atoms with E-state index < -0.39 is 10.0 Å². The van der Waals surface area contributed by atoms with E-state index in [1.807, 2.05) is 0 Å². The van der Waals surface area contributed by atoms with Gasteiger partial charge in [0.2, 0.25) is 0 Å². The molecule has 0 spiro atoms. The Bertz CT molecular complexity index is 858. The fourth-order valence-electron chi connectivity index (χ4n) is 3.44. The van der Waals surface area contributed by atoms with Crippen molar-refractivity contribution >= 4 is 21.6 Å². The molecular weight excluding hydrogens is 360 g/mol. The van der Waals surface area contributed by atoms with Gasteiger partial charge in [-0.05, 0) is 55.2 Å². The zero-order valence-electron chi connectivity index (χ0n) is 15.6. The van der Waals surface area contributed by atoms with Crippen LogP contribution in [0.1, 0.15) is 42.5 Å². The lowest BCUT2D eigenvalue weighted by molar-refractivity contribution is 0.0943. The molecule has 0 heterocycles. The van der Waals surface area contributed by atoms with Gasteiger partial charge in [-0.3, -0.25) is 9.10 Å². The van der Waals surface area contributed by atoms with Crippen molar-refractivity contribution in [2.24, 2.45) is 5.92 Å². The van der Waals surface area contributed by atoms with Gasteiger partial charge in [0, 0.05) is 19.2 Å². The molecule has 1 amide bonds. The minimum absolute atomic E-state index is 0.110. The van der Waals surface area contributed by atoms with Crippen molar-refractivity contribution in [3.05, 3.63) is 60.2 Å². The van der Waals surface area contributed by atoms with Gasteiger partial charge < -0.3 is 5.32 Å². The van der Waals surface area contributed by atoms with Gasteiger partial charge in [-0.1, -0.05) is 37.5 Å². The summed E-state index contributed by atoms with van der Waals surface area (Å²) in [5.74, 6) is 0.463. The molecule has 27 heavy (non-hydrogen) atoms. The van der Waals surface area contributed by atoms with E-state index in [2.05, 4.69) is 5.32 Å². The Balaban J connectivity index is 1.64. The molecule has 0 unspecified atom stereocenters. The summed E-state index contributed by atoms with van der Waals surface area (Å²) in [5.41, 5.74) is 1.06. The maximum Gasteiger partial charge on any atom is 0.264 e. The number of rotatable bonds is 6. The summed E-state index contributed by atoms with van der Waals surface area (Å²) < 4.78 is 26.6. The number of anilines is 1. The van der Waals surface area contributed by atoms with Gasteiger partial charge in [-0.15, -0.1) is 0 Å². The van der Waals surface area contributed by atoms with Gasteiger partial charge in [0.25, 0.3) is 15.9 Å². The van der Waals surface area contributed by atoms with Gasteiger partial charge >= 0.3 is 0 Å². The molecule has 2 aromatic carbocycles. The first-order chi connectivity index (χ1) is 13.0. The molecule has 3 rings (SSSR count). The zero-order chi connectivity index (χ0) is 19.3. The monoisotopic (exact) mass is 386 g/mol. The van der Waals surface area contributed by atoms with Crippen LogP contribution in [0, 0.1) is 5.92 Å². The Labute approximate surface area is 161 Å². The van der Waals surface area contributed by atoms with Crippen LogP contribution in [0.3, 0.4) is 0 Å². The highest BCUT2D eigenvalue weighted by Gasteiger charge is 2.21. The fourth-order valence-corrected chi connectivity index (χ4v) is 4.66. The molecule has 1 N–H and O–H groups in total. The molecular formula is C21H26N2O3S. The van der Waals surface area contributed by atoms with E-state index in [-0.39, 0.29) is 10.8 Å². The normalized spacial score (nSPS) is 15.3. The molecule has 0 bridgehead atoms. The average Bonchev–Trinajstić information content (AvgIpc) is 2.73. The summed E-state index contributed by atoms with van der Waals surface area (Å²) in [6.07, 6.45) is 6.16. The van der Waals surface area contributed by atoms with E-state index in [0.29, 0.717) is 23.7 Å². The molecule has 1 aliphatic carbocycles. The predicted molar refractivity (Wildman–Crippen MR) is 107 cm³/mol. The molecule has 0 radical (unpaired) electrons. The first-order valence-corrected chi connectivity index (χ1v) is 10.8. The highest BCUT2D eigenvalue weighted by Crippen LogP contribution is 2.24. The lowest BCUT2D eigenvalue weighted by Crippen LogP contribution is -2.30. The number of hydrogen-bond acceptors (Lipinski definition) is 3. The quantitative estimate of drug-likeness (QED) is 0.821. The third-order valence-electron chi connectivity index (χ3n) is 5.17. The van der Waals surface area contributed by atoms with Crippen molar-refractivity contribution in [1.29, 1.82) is 0 Å². The smallest absolute Gasteiger partial charge is 0.264 e. The van der Waals surface area contributed by atoms with Crippen LogP contribution in [0.5, 0.6) is 0 Å². The largest absolute Gasteiger partial charge is 0.352 e. The van der Waals surface area contributed by atoms with Crippen molar-refractivity contribution in [1.82, 2.24) is 5.32 Å². The highest BCUT2D eigenvalue weighted by molar-refractivity contribution is 7.92. The number of amides is 1. The minimum Gasteiger partial charge on any atom is -0.352 e. The Kier molecular flexibility index (Phi) is 6.16. The number of carbonyl (C=O) groups excluding carboxylic acids is 1. The van der Waals surface area contributed by atoms with Crippen LogP contribution in [0.2, 0.25) is 0 Å². The summed E-state index contributed by atoms with van der Waals surface area (Å²) in [5, 5.41) is 3.00. The standard InChI is InChI=1S/C21H26N2O3S/c1-23(27(25,26)20-10-6-3-7-11-20)19-14-12-18(13-15-19)21(24)22-16-17-8-4-2-5-9-17/h3,6-7,10-15,17H,2,4-5,8-9,16H2,1H3,(H,22,24). The number of hydrogen-bond donors (Lipinski definition) is 1. The molecule has 0 aliphatic heterocycles. The van der Waals surface area contributed by atoms with Crippen LogP contribution >= 0.6 is 0 Å². The van der Waals surface area contributed by atoms with E-state index >= 15 is 0 Å². The molecule has 1 saturated carbocycles. The number of sulfonamides is 1. The zero-order valence-corrected chi connectivity index (χ0v) is 16.4. The highest BCUT2D eigenvalue weighted by atomic mass is 32.2. The van der Waals surface area contributed by atoms with E-state index in [4.69, 9.17) is 0 Å². The second kappa shape index (κ2) is 8.57. The summed E-state index contributed by atoms with van der Waals surface area (Å²) in [7, 11) is -2.10. The van der Waals surface area contributed by atoms with Crippen molar-refractivity contribution in [2.45, 2.75) is 37.0 Å². The summed E-state index contributed by atoms with van der Waals surface area (Å²) >= 11 is 0. The second-order valence-corrected chi connectivity index (χ2v) is 9.02. The number of nitrogens with zero attached hydrogens (tertiary/aromatic N) is 1. The first kappa shape index (κ1) is 19.4. The third-order valence-corrected chi connectivity index (χ3v) is 6.97. The summed E-state index contributed by atoms with van der Waals surface area (Å²) in [6.45, 7) is 0.711. The molecule has 6 heteroatoms. The number of nitrogens with one attached hydrogen (secondary N) is 1. The SMILES string of the molecule is CN(c1ccc(C(=O)NCC2CCCCC2)cc1)S(=O)(=O)c1ccccc1. The van der Waals surface area contributed by atoms with E-state index in [1.54, 1.807) is 54.6 Å². The van der Waals surface area contributed by atoms with Crippen LogP contribution in [-0.2, 0) is 10.0 Å². The summed E-state index contributed by atoms with van der Waals surface area (Å²) in [6, 6.07) is 15.0. The Morgan fingerprint density at radius 3 is 2.26 bits per heavy atom. The lowest BCUT2D eigenvalue weighted by Gasteiger charge is -2.22. The Hall–Kier alpha value is -2.34. The average molecular weight is 387 g/mol. The minimum atomic E-state index is -3.62. The van der Waals surface area contributed by atoms with Crippen LogP contribution in [0.15, 0.2) is 59.5 Å². The predicted octanol–water partition coefficient (Wildman–Crippen LogP) is 3.82. The molecule has 0 atom stereocenters. The van der Waals surface area contributed by atoms with Crippen LogP contribution < -0.4 is 9.62 Å². The molecule has 1 fully saturated rings. The van der Waals surface area contributed by atoms with E-state index in [1.165, 1.54) is 43.5 Å². The van der Waals surface area contributed by atoms with Crippen LogP contribution in [0.4, 0.5) is 5.69 Å². The molecule has 144 valence electrons. The van der Waals surface area contributed by atoms with Gasteiger partial charge in [0.05, 0.1) is 10.6 Å². The van der Waals surface area contributed by atoms with Gasteiger partial charge in [-0.25, -0.2) is 8.42 Å². The second-order valence-electron chi connectivity index (χ2n) is 7.05. The van der Waals surface area contributed by atoms with Gasteiger partial charge in [0.1, 0.15) is 0 Å². The van der Waals surface area contributed by atoms with Gasteiger partial charge in [0.15, 0.2) is 0 Å². The van der Waals surface area contributed by atoms with Crippen molar-refractivity contribution < 1.29 is 13.2 Å². The number of benzene rings is 2. The molecule has 0 saturated heterocycles. The Morgan fingerprint density at radius 2 is 1.63 bits per heavy atom. The first-order valence-electron chi connectivity index (χ1n) is 9.41. The van der Waals surface area contributed by atoms with E-state index in [0.717, 1.165) is 0 Å². The molecule has 1 aliphatic rings. The number of carbonyl (C=O) groups is 1. The van der Waals surface area contributed by atoms with Gasteiger partial charge in [-0.2, -0.15) is 0 Å². The Morgan fingerprint density at radius 1 is 1.00 bits per heavy atom. The van der Waals surface area contributed by atoms with Crippen LogP contribution in [0.25, 0.3) is 0 Å². The maximum absolute atomic E-state index is 12.7. The third kappa shape index (κ3) is 4.69. The maximum atomic E-state index is 12.7.